The molecule has 1 heteroatoms. The van der Waals surface area contributed by atoms with Crippen LogP contribution in [0.3, 0.4) is 0 Å². The Bertz CT molecular complexity index is 512. The topological polar surface area (TPSA) is 20.2 Å². The molecule has 0 radical (unpaired) electrons. The van der Waals surface area contributed by atoms with Gasteiger partial charge in [-0.2, -0.15) is 0 Å². The fourth-order valence-corrected chi connectivity index (χ4v) is 1.80. The molecule has 0 atom stereocenters. The van der Waals surface area contributed by atoms with E-state index in [2.05, 4.69) is 37.3 Å². The molecule has 0 bridgehead atoms. The van der Waals surface area contributed by atoms with E-state index in [9.17, 15) is 5.11 Å². The first-order valence-electron chi connectivity index (χ1n) is 5.66. The van der Waals surface area contributed by atoms with Gasteiger partial charge in [0.1, 0.15) is 5.75 Å². The Morgan fingerprint density at radius 2 is 1.75 bits per heavy atom. The molecule has 2 aromatic carbocycles. The Balaban J connectivity index is 2.30. The van der Waals surface area contributed by atoms with Crippen molar-refractivity contribution in [2.75, 3.05) is 0 Å². The van der Waals surface area contributed by atoms with Crippen molar-refractivity contribution < 1.29 is 5.11 Å². The Kier molecular flexibility index (Phi) is 3.25. The highest BCUT2D eigenvalue weighted by Crippen LogP contribution is 2.21. The van der Waals surface area contributed by atoms with E-state index in [1.807, 2.05) is 6.07 Å². The summed E-state index contributed by atoms with van der Waals surface area (Å²) in [7, 11) is 0. The molecule has 82 valence electrons. The standard InChI is InChI=1S/C15H16O/c1-2-3-4-5-12-6-7-14-11-15(16)9-8-13(14)10-12/h3-4,6-11,16H,2,5H2,1H3. The van der Waals surface area contributed by atoms with Crippen molar-refractivity contribution in [1.29, 1.82) is 0 Å². The van der Waals surface area contributed by atoms with Crippen molar-refractivity contribution in [3.05, 3.63) is 54.1 Å². The van der Waals surface area contributed by atoms with E-state index >= 15 is 0 Å². The maximum atomic E-state index is 9.36. The molecule has 2 aromatic rings. The van der Waals surface area contributed by atoms with Crippen LogP contribution in [-0.4, -0.2) is 5.11 Å². The lowest BCUT2D eigenvalue weighted by Gasteiger charge is -2.02. The van der Waals surface area contributed by atoms with Gasteiger partial charge in [0, 0.05) is 0 Å². The van der Waals surface area contributed by atoms with E-state index in [0.717, 1.165) is 18.2 Å². The second-order valence-corrected chi connectivity index (χ2v) is 3.95. The van der Waals surface area contributed by atoms with Gasteiger partial charge in [0.25, 0.3) is 0 Å². The molecule has 0 aliphatic rings. The number of allylic oxidation sites excluding steroid dienone is 2. The van der Waals surface area contributed by atoms with E-state index < -0.39 is 0 Å². The number of phenols is 1. The molecule has 1 nitrogen and oxygen atoms in total. The highest BCUT2D eigenvalue weighted by molar-refractivity contribution is 5.84. The van der Waals surface area contributed by atoms with Gasteiger partial charge < -0.3 is 5.11 Å². The van der Waals surface area contributed by atoms with Crippen LogP contribution >= 0.6 is 0 Å². The van der Waals surface area contributed by atoms with E-state index in [1.54, 1.807) is 12.1 Å². The Labute approximate surface area is 96.0 Å². The molecule has 0 fully saturated rings. The van der Waals surface area contributed by atoms with Crippen LogP contribution in [0.25, 0.3) is 10.8 Å². The molecule has 1 N–H and O–H groups in total. The lowest BCUT2D eigenvalue weighted by Crippen LogP contribution is -1.81. The summed E-state index contributed by atoms with van der Waals surface area (Å²) in [5.74, 6) is 0.325. The van der Waals surface area contributed by atoms with E-state index in [0.29, 0.717) is 5.75 Å². The van der Waals surface area contributed by atoms with Crippen LogP contribution in [0.5, 0.6) is 5.75 Å². The van der Waals surface area contributed by atoms with Gasteiger partial charge in [0.15, 0.2) is 0 Å². The fourth-order valence-electron chi connectivity index (χ4n) is 1.80. The minimum atomic E-state index is 0.325. The molecule has 0 unspecified atom stereocenters. The van der Waals surface area contributed by atoms with Gasteiger partial charge in [-0.3, -0.25) is 0 Å². The molecule has 16 heavy (non-hydrogen) atoms. The number of hydrogen-bond acceptors (Lipinski definition) is 1. The third-order valence-electron chi connectivity index (χ3n) is 2.64. The minimum absolute atomic E-state index is 0.325. The largest absolute Gasteiger partial charge is 0.508 e. The summed E-state index contributed by atoms with van der Waals surface area (Å²) in [6, 6.07) is 11.8. The molecule has 0 spiro atoms. The molecule has 0 amide bonds. The highest BCUT2D eigenvalue weighted by Gasteiger charge is 1.96. The molecule has 0 aliphatic heterocycles. The van der Waals surface area contributed by atoms with Crippen LogP contribution in [-0.2, 0) is 6.42 Å². The number of phenolic OH excluding ortho intramolecular Hbond substituents is 1. The lowest BCUT2D eigenvalue weighted by molar-refractivity contribution is 0.476. The van der Waals surface area contributed by atoms with Crippen molar-refractivity contribution in [3.8, 4) is 5.75 Å². The predicted molar refractivity (Wildman–Crippen MR) is 68.7 cm³/mol. The third kappa shape index (κ3) is 2.43. The van der Waals surface area contributed by atoms with Gasteiger partial charge in [-0.1, -0.05) is 43.3 Å². The number of rotatable bonds is 3. The van der Waals surface area contributed by atoms with Crippen molar-refractivity contribution in [2.45, 2.75) is 19.8 Å². The zero-order valence-corrected chi connectivity index (χ0v) is 9.48. The molecule has 0 aromatic heterocycles. The monoisotopic (exact) mass is 212 g/mol. The zero-order chi connectivity index (χ0) is 11.4. The number of hydrogen-bond donors (Lipinski definition) is 1. The van der Waals surface area contributed by atoms with Gasteiger partial charge in [-0.25, -0.2) is 0 Å². The SMILES string of the molecule is CCC=CCc1ccc2cc(O)ccc2c1. The fraction of sp³-hybridized carbons (Fsp3) is 0.200. The maximum Gasteiger partial charge on any atom is 0.116 e. The summed E-state index contributed by atoms with van der Waals surface area (Å²) >= 11 is 0. The van der Waals surface area contributed by atoms with Crippen molar-refractivity contribution in [2.24, 2.45) is 0 Å². The molecule has 0 heterocycles. The molecular formula is C15H16O. The van der Waals surface area contributed by atoms with Crippen LogP contribution in [0, 0.1) is 0 Å². The van der Waals surface area contributed by atoms with Gasteiger partial charge in [-0.05, 0) is 41.3 Å². The zero-order valence-electron chi connectivity index (χ0n) is 9.48. The van der Waals surface area contributed by atoms with Crippen LogP contribution in [0.4, 0.5) is 0 Å². The van der Waals surface area contributed by atoms with Gasteiger partial charge in [-0.15, -0.1) is 0 Å². The molecule has 2 rings (SSSR count). The molecule has 0 saturated carbocycles. The second kappa shape index (κ2) is 4.84. The van der Waals surface area contributed by atoms with Crippen molar-refractivity contribution >= 4 is 10.8 Å². The number of fused-ring (bicyclic) bond motifs is 1. The minimum Gasteiger partial charge on any atom is -0.508 e. The van der Waals surface area contributed by atoms with Crippen molar-refractivity contribution in [3.63, 3.8) is 0 Å². The van der Waals surface area contributed by atoms with E-state index in [-0.39, 0.29) is 0 Å². The second-order valence-electron chi connectivity index (χ2n) is 3.95. The van der Waals surface area contributed by atoms with Crippen LogP contribution < -0.4 is 0 Å². The third-order valence-corrected chi connectivity index (χ3v) is 2.64. The van der Waals surface area contributed by atoms with Crippen LogP contribution in [0.15, 0.2) is 48.6 Å². The van der Waals surface area contributed by atoms with Crippen molar-refractivity contribution in [1.82, 2.24) is 0 Å². The Morgan fingerprint density at radius 1 is 1.00 bits per heavy atom. The Morgan fingerprint density at radius 3 is 2.56 bits per heavy atom. The summed E-state index contributed by atoms with van der Waals surface area (Å²) in [5.41, 5.74) is 1.31. The maximum absolute atomic E-state index is 9.36. The van der Waals surface area contributed by atoms with Crippen LogP contribution in [0.1, 0.15) is 18.9 Å². The number of benzene rings is 2. The molecular weight excluding hydrogens is 196 g/mol. The van der Waals surface area contributed by atoms with Crippen LogP contribution in [0.2, 0.25) is 0 Å². The predicted octanol–water partition coefficient (Wildman–Crippen LogP) is 4.05. The van der Waals surface area contributed by atoms with E-state index in [4.69, 9.17) is 0 Å². The molecule has 0 aliphatic carbocycles. The van der Waals surface area contributed by atoms with E-state index in [1.165, 1.54) is 10.9 Å². The van der Waals surface area contributed by atoms with Gasteiger partial charge in [0.2, 0.25) is 0 Å². The quantitative estimate of drug-likeness (QED) is 0.761. The smallest absolute Gasteiger partial charge is 0.116 e. The first-order valence-corrected chi connectivity index (χ1v) is 5.66. The summed E-state index contributed by atoms with van der Waals surface area (Å²) < 4.78 is 0. The summed E-state index contributed by atoms with van der Waals surface area (Å²) in [4.78, 5) is 0. The van der Waals surface area contributed by atoms with Gasteiger partial charge in [0.05, 0.1) is 0 Å². The highest BCUT2D eigenvalue weighted by atomic mass is 16.3. The first-order chi connectivity index (χ1) is 7.79. The average Bonchev–Trinajstić information content (AvgIpc) is 2.29. The summed E-state index contributed by atoms with van der Waals surface area (Å²) in [5, 5.41) is 11.6. The number of aromatic hydroxyl groups is 1. The Hall–Kier alpha value is -1.76. The summed E-state index contributed by atoms with van der Waals surface area (Å²) in [6.45, 7) is 2.14. The molecule has 0 saturated heterocycles. The lowest BCUT2D eigenvalue weighted by atomic mass is 10.0. The normalized spacial score (nSPS) is 11.3. The first kappa shape index (κ1) is 10.7. The average molecular weight is 212 g/mol. The van der Waals surface area contributed by atoms with Gasteiger partial charge >= 0.3 is 0 Å². The summed E-state index contributed by atoms with van der Waals surface area (Å²) in [6.07, 6.45) is 6.44.